The van der Waals surface area contributed by atoms with Crippen LogP contribution in [0.1, 0.15) is 40.8 Å². The average Bonchev–Trinajstić information content (AvgIpc) is 3.33. The molecule has 0 bridgehead atoms. The topological polar surface area (TPSA) is 84.3 Å². The van der Waals surface area contributed by atoms with Gasteiger partial charge in [-0.1, -0.05) is 30.3 Å². The number of aryl methyl sites for hydroxylation is 1. The Morgan fingerprint density at radius 1 is 1.06 bits per heavy atom. The molecule has 1 atom stereocenters. The summed E-state index contributed by atoms with van der Waals surface area (Å²) in [6.07, 6.45) is -0.167. The minimum absolute atomic E-state index is 0.0444. The zero-order valence-corrected chi connectivity index (χ0v) is 17.7. The number of hydrogen-bond donors (Lipinski definition) is 1. The Labute approximate surface area is 188 Å². The Morgan fingerprint density at radius 2 is 1.79 bits per heavy atom. The number of carbonyl (C=O) groups is 3. The first-order valence-corrected chi connectivity index (χ1v) is 10.5. The van der Waals surface area contributed by atoms with E-state index in [1.54, 1.807) is 24.3 Å². The fourth-order valence-corrected chi connectivity index (χ4v) is 4.39. The van der Waals surface area contributed by atoms with Crippen LogP contribution in [0, 0.1) is 0 Å². The predicted molar refractivity (Wildman–Crippen MR) is 115 cm³/mol. The van der Waals surface area contributed by atoms with E-state index in [2.05, 4.69) is 10.3 Å². The van der Waals surface area contributed by atoms with Crippen molar-refractivity contribution in [3.63, 3.8) is 0 Å². The maximum atomic E-state index is 12.9. The summed E-state index contributed by atoms with van der Waals surface area (Å²) in [5, 5.41) is 2.30. The van der Waals surface area contributed by atoms with E-state index >= 15 is 0 Å². The van der Waals surface area contributed by atoms with Gasteiger partial charge in [0, 0.05) is 48.5 Å². The number of imide groups is 1. The number of fused-ring (bicyclic) bond motifs is 1. The smallest absolute Gasteiger partial charge is 0.263 e. The Morgan fingerprint density at radius 3 is 2.48 bits per heavy atom. The zero-order valence-electron chi connectivity index (χ0n) is 17.7. The standard InChI is InChI=1S/C24H20F2N4O3/c1-29-12-18(27-22(29)14-4-2-13(3-5-14)21(25)26)15-6-7-17-16(10-15)11-30(24(17)33)19-8-9-20(31)28-23(19)32/h2-7,10,12,19,21H,8-9,11H2,1H3,(H,28,31,32). The monoisotopic (exact) mass is 450 g/mol. The molecular formula is C24H20F2N4O3. The number of nitrogens with one attached hydrogen (secondary N) is 1. The van der Waals surface area contributed by atoms with Gasteiger partial charge in [-0.15, -0.1) is 0 Å². The largest absolute Gasteiger partial charge is 0.333 e. The predicted octanol–water partition coefficient (Wildman–Crippen LogP) is 3.45. The fraction of sp³-hybridized carbons (Fsp3) is 0.250. The van der Waals surface area contributed by atoms with Crippen molar-refractivity contribution in [2.75, 3.05) is 0 Å². The van der Waals surface area contributed by atoms with Crippen molar-refractivity contribution in [3.05, 3.63) is 65.4 Å². The van der Waals surface area contributed by atoms with Crippen LogP contribution in [-0.2, 0) is 23.2 Å². The number of nitrogens with zero attached hydrogens (tertiary/aromatic N) is 3. The molecule has 1 saturated heterocycles. The minimum atomic E-state index is -2.52. The van der Waals surface area contributed by atoms with Gasteiger partial charge in [-0.05, 0) is 24.1 Å². The number of carbonyl (C=O) groups excluding carboxylic acids is 3. The normalized spacial score (nSPS) is 18.1. The van der Waals surface area contributed by atoms with Gasteiger partial charge in [0.25, 0.3) is 12.3 Å². The quantitative estimate of drug-likeness (QED) is 0.617. The lowest BCUT2D eigenvalue weighted by atomic mass is 10.0. The van der Waals surface area contributed by atoms with Gasteiger partial charge >= 0.3 is 0 Å². The second kappa shape index (κ2) is 7.91. The van der Waals surface area contributed by atoms with Crippen molar-refractivity contribution < 1.29 is 23.2 Å². The molecule has 0 aliphatic carbocycles. The second-order valence-corrected chi connectivity index (χ2v) is 8.26. The summed E-state index contributed by atoms with van der Waals surface area (Å²) < 4.78 is 27.5. The van der Waals surface area contributed by atoms with Crippen molar-refractivity contribution in [2.24, 2.45) is 7.05 Å². The lowest BCUT2D eigenvalue weighted by Gasteiger charge is -2.29. The number of halogens is 2. The highest BCUT2D eigenvalue weighted by atomic mass is 19.3. The van der Waals surface area contributed by atoms with E-state index in [0.29, 0.717) is 29.1 Å². The molecule has 0 saturated carbocycles. The van der Waals surface area contributed by atoms with Crippen LogP contribution in [0.2, 0.25) is 0 Å². The van der Waals surface area contributed by atoms with Gasteiger partial charge in [-0.2, -0.15) is 0 Å². The molecule has 3 aromatic rings. The summed E-state index contributed by atoms with van der Waals surface area (Å²) in [5.41, 5.74) is 3.47. The minimum Gasteiger partial charge on any atom is -0.333 e. The van der Waals surface area contributed by atoms with Crippen molar-refractivity contribution >= 4 is 17.7 Å². The molecule has 0 spiro atoms. The molecular weight excluding hydrogens is 430 g/mol. The van der Waals surface area contributed by atoms with Gasteiger partial charge < -0.3 is 9.47 Å². The maximum Gasteiger partial charge on any atom is 0.263 e. The first kappa shape index (κ1) is 21.0. The van der Waals surface area contributed by atoms with Gasteiger partial charge in [0.05, 0.1) is 5.69 Å². The number of amides is 3. The number of aromatic nitrogens is 2. The fourth-order valence-electron chi connectivity index (χ4n) is 4.39. The van der Waals surface area contributed by atoms with E-state index < -0.39 is 18.4 Å². The summed E-state index contributed by atoms with van der Waals surface area (Å²) in [4.78, 5) is 42.7. The molecule has 3 amide bonds. The summed E-state index contributed by atoms with van der Waals surface area (Å²) in [7, 11) is 1.83. The van der Waals surface area contributed by atoms with Crippen LogP contribution in [0.5, 0.6) is 0 Å². The van der Waals surface area contributed by atoms with Crippen LogP contribution in [0.4, 0.5) is 8.78 Å². The number of benzene rings is 2. The van der Waals surface area contributed by atoms with Gasteiger partial charge in [0.1, 0.15) is 11.9 Å². The molecule has 3 heterocycles. The molecule has 2 aliphatic rings. The van der Waals surface area contributed by atoms with Crippen molar-refractivity contribution in [2.45, 2.75) is 31.9 Å². The summed E-state index contributed by atoms with van der Waals surface area (Å²) >= 11 is 0. The highest BCUT2D eigenvalue weighted by molar-refractivity contribution is 6.05. The molecule has 1 N–H and O–H groups in total. The van der Waals surface area contributed by atoms with E-state index in [9.17, 15) is 23.2 Å². The van der Waals surface area contributed by atoms with E-state index in [-0.39, 0.29) is 30.3 Å². The molecule has 2 aliphatic heterocycles. The maximum absolute atomic E-state index is 12.9. The number of rotatable bonds is 4. The molecule has 9 heteroatoms. The molecule has 2 aromatic carbocycles. The van der Waals surface area contributed by atoms with Crippen LogP contribution in [0.3, 0.4) is 0 Å². The highest BCUT2D eigenvalue weighted by Gasteiger charge is 2.39. The second-order valence-electron chi connectivity index (χ2n) is 8.26. The Balaban J connectivity index is 1.41. The number of alkyl halides is 2. The molecule has 168 valence electrons. The first-order valence-electron chi connectivity index (χ1n) is 10.5. The van der Waals surface area contributed by atoms with E-state index in [4.69, 9.17) is 0 Å². The van der Waals surface area contributed by atoms with Gasteiger partial charge in [0.2, 0.25) is 11.8 Å². The van der Waals surface area contributed by atoms with Crippen molar-refractivity contribution in [1.82, 2.24) is 19.8 Å². The first-order chi connectivity index (χ1) is 15.8. The molecule has 7 nitrogen and oxygen atoms in total. The Bertz CT molecular complexity index is 1280. The van der Waals surface area contributed by atoms with E-state index in [1.807, 2.05) is 23.9 Å². The Hall–Kier alpha value is -3.88. The average molecular weight is 450 g/mol. The summed E-state index contributed by atoms with van der Waals surface area (Å²) in [6.45, 7) is 0.281. The summed E-state index contributed by atoms with van der Waals surface area (Å²) in [5.74, 6) is -0.364. The molecule has 33 heavy (non-hydrogen) atoms. The zero-order chi connectivity index (χ0) is 23.3. The third-order valence-electron chi connectivity index (χ3n) is 6.12. The molecule has 1 aromatic heterocycles. The lowest BCUT2D eigenvalue weighted by Crippen LogP contribution is -2.52. The van der Waals surface area contributed by atoms with Crippen LogP contribution in [0.15, 0.2) is 48.7 Å². The molecule has 5 rings (SSSR count). The highest BCUT2D eigenvalue weighted by Crippen LogP contribution is 2.32. The van der Waals surface area contributed by atoms with Crippen LogP contribution in [0.25, 0.3) is 22.6 Å². The van der Waals surface area contributed by atoms with Gasteiger partial charge in [-0.25, -0.2) is 13.8 Å². The molecule has 1 fully saturated rings. The number of imidazole rings is 1. The third-order valence-corrected chi connectivity index (χ3v) is 6.12. The van der Waals surface area contributed by atoms with Crippen LogP contribution >= 0.6 is 0 Å². The molecule has 0 radical (unpaired) electrons. The number of piperidine rings is 1. The molecule has 1 unspecified atom stereocenters. The van der Waals surface area contributed by atoms with Crippen molar-refractivity contribution in [1.29, 1.82) is 0 Å². The van der Waals surface area contributed by atoms with E-state index in [1.165, 1.54) is 17.0 Å². The SMILES string of the molecule is Cn1cc(-c2ccc3c(c2)CN(C2CCC(=O)NC2=O)C3=O)nc1-c1ccc(C(F)F)cc1. The third kappa shape index (κ3) is 3.69. The van der Waals surface area contributed by atoms with Gasteiger partial charge in [-0.3, -0.25) is 19.7 Å². The van der Waals surface area contributed by atoms with E-state index in [0.717, 1.165) is 11.1 Å². The Kier molecular flexibility index (Phi) is 5.03. The van der Waals surface area contributed by atoms with Crippen LogP contribution < -0.4 is 5.32 Å². The van der Waals surface area contributed by atoms with Crippen LogP contribution in [-0.4, -0.2) is 38.2 Å². The number of hydrogen-bond acceptors (Lipinski definition) is 4. The van der Waals surface area contributed by atoms with Crippen molar-refractivity contribution in [3.8, 4) is 22.6 Å². The summed E-state index contributed by atoms with van der Waals surface area (Å²) in [6, 6.07) is 10.8. The van der Waals surface area contributed by atoms with Gasteiger partial charge in [0.15, 0.2) is 0 Å². The lowest BCUT2D eigenvalue weighted by molar-refractivity contribution is -0.136.